The summed E-state index contributed by atoms with van der Waals surface area (Å²) in [5.74, 6) is 0.498. The quantitative estimate of drug-likeness (QED) is 0.398. The molecule has 0 spiro atoms. The van der Waals surface area contributed by atoms with Gasteiger partial charge in [0, 0.05) is 37.1 Å². The number of aromatic nitrogens is 3. The van der Waals surface area contributed by atoms with E-state index in [1.165, 1.54) is 6.07 Å². The molecule has 2 aromatic carbocycles. The summed E-state index contributed by atoms with van der Waals surface area (Å²) in [5, 5.41) is 0. The monoisotopic (exact) mass is 465 g/mol. The number of halogens is 3. The van der Waals surface area contributed by atoms with E-state index < -0.39 is 11.7 Å². The molecule has 1 aliphatic rings. The number of nitrogens with two attached hydrogens (primary N) is 1. The second-order valence-electron chi connectivity index (χ2n) is 9.10. The maximum atomic E-state index is 13.2. The van der Waals surface area contributed by atoms with E-state index in [4.69, 9.17) is 5.73 Å². The third-order valence-corrected chi connectivity index (χ3v) is 6.37. The summed E-state index contributed by atoms with van der Waals surface area (Å²) in [6.45, 7) is 5.69. The fourth-order valence-electron chi connectivity index (χ4n) is 4.75. The van der Waals surface area contributed by atoms with Crippen LogP contribution in [0.5, 0.6) is 0 Å². The number of piperidine rings is 1. The maximum absolute atomic E-state index is 13.2. The molecule has 1 saturated heterocycles. The summed E-state index contributed by atoms with van der Waals surface area (Å²) in [6.07, 6.45) is 0.901. The molecule has 2 aromatic heterocycles. The Kier molecular flexibility index (Phi) is 5.56. The smallest absolute Gasteiger partial charge is 0.370 e. The molecule has 176 valence electrons. The molecular weight excluding hydrogens is 439 g/mol. The van der Waals surface area contributed by atoms with Crippen molar-refractivity contribution in [3.63, 3.8) is 0 Å². The Hall–Kier alpha value is -3.39. The zero-order valence-electron chi connectivity index (χ0n) is 19.1. The number of H-pyrrole nitrogens is 1. The van der Waals surface area contributed by atoms with Crippen molar-refractivity contribution in [2.24, 2.45) is 5.73 Å². The van der Waals surface area contributed by atoms with Crippen molar-refractivity contribution in [3.8, 4) is 22.5 Å². The number of benzene rings is 2. The Morgan fingerprint density at radius 3 is 2.32 bits per heavy atom. The lowest BCUT2D eigenvalue weighted by molar-refractivity contribution is -0.137. The highest BCUT2D eigenvalue weighted by Crippen LogP contribution is 2.40. The van der Waals surface area contributed by atoms with Crippen LogP contribution in [0.4, 0.5) is 18.9 Å². The second-order valence-corrected chi connectivity index (χ2v) is 9.10. The van der Waals surface area contributed by atoms with Crippen molar-refractivity contribution in [3.05, 3.63) is 65.5 Å². The first kappa shape index (κ1) is 22.4. The highest BCUT2D eigenvalue weighted by molar-refractivity contribution is 5.91. The lowest BCUT2D eigenvalue weighted by atomic mass is 9.96. The standard InChI is InChI=1S/C26H26F3N5/c1-15-9-16(2)11-17(10-15)20-13-31-14-21(24(20)34-7-5-19(30)6-8-34)25-32-22-4-3-18(26(27,28)29)12-23(22)33-25/h3-4,9-14,19H,5-8,30H2,1-2H3,(H,32,33). The van der Waals surface area contributed by atoms with Crippen molar-refractivity contribution in [2.45, 2.75) is 38.9 Å². The van der Waals surface area contributed by atoms with E-state index in [0.29, 0.717) is 16.9 Å². The number of pyridine rings is 1. The summed E-state index contributed by atoms with van der Waals surface area (Å²) in [6, 6.07) is 10.1. The van der Waals surface area contributed by atoms with Crippen LogP contribution in [0.2, 0.25) is 0 Å². The van der Waals surface area contributed by atoms with Crippen LogP contribution in [0, 0.1) is 13.8 Å². The summed E-state index contributed by atoms with van der Waals surface area (Å²) in [5.41, 5.74) is 12.3. The Labute approximate surface area is 195 Å². The van der Waals surface area contributed by atoms with Gasteiger partial charge in [-0.3, -0.25) is 4.98 Å². The lowest BCUT2D eigenvalue weighted by Gasteiger charge is -2.34. The summed E-state index contributed by atoms with van der Waals surface area (Å²) in [4.78, 5) is 14.5. The van der Waals surface area contributed by atoms with Crippen LogP contribution in [-0.2, 0) is 6.18 Å². The third kappa shape index (κ3) is 4.25. The number of nitrogens with one attached hydrogen (secondary N) is 1. The van der Waals surface area contributed by atoms with Crippen molar-refractivity contribution < 1.29 is 13.2 Å². The fourth-order valence-corrected chi connectivity index (χ4v) is 4.75. The zero-order chi connectivity index (χ0) is 24.0. The molecule has 0 amide bonds. The highest BCUT2D eigenvalue weighted by atomic mass is 19.4. The molecule has 0 atom stereocenters. The van der Waals surface area contributed by atoms with Crippen LogP contribution in [-0.4, -0.2) is 34.1 Å². The SMILES string of the molecule is Cc1cc(C)cc(-c2cncc(-c3nc4ccc(C(F)(F)F)cc4[nH]3)c2N2CCC(N)CC2)c1. The number of hydrogen-bond acceptors (Lipinski definition) is 4. The molecule has 8 heteroatoms. The molecule has 3 N–H and O–H groups in total. The highest BCUT2D eigenvalue weighted by Gasteiger charge is 2.31. The van der Waals surface area contributed by atoms with Crippen LogP contribution in [0.25, 0.3) is 33.5 Å². The van der Waals surface area contributed by atoms with E-state index in [2.05, 4.69) is 51.9 Å². The Bertz CT molecular complexity index is 1330. The summed E-state index contributed by atoms with van der Waals surface area (Å²) >= 11 is 0. The Morgan fingerprint density at radius 2 is 1.65 bits per heavy atom. The zero-order valence-corrected chi connectivity index (χ0v) is 19.1. The van der Waals surface area contributed by atoms with Gasteiger partial charge in [-0.2, -0.15) is 13.2 Å². The largest absolute Gasteiger partial charge is 0.416 e. The first-order valence-corrected chi connectivity index (χ1v) is 11.3. The lowest BCUT2D eigenvalue weighted by Crippen LogP contribution is -2.40. The minimum Gasteiger partial charge on any atom is -0.370 e. The van der Waals surface area contributed by atoms with Crippen molar-refractivity contribution >= 4 is 16.7 Å². The van der Waals surface area contributed by atoms with Gasteiger partial charge in [-0.05, 0) is 50.5 Å². The van der Waals surface area contributed by atoms with Gasteiger partial charge >= 0.3 is 6.18 Å². The number of aryl methyl sites for hydroxylation is 2. The van der Waals surface area contributed by atoms with Gasteiger partial charge in [0.1, 0.15) is 5.82 Å². The van der Waals surface area contributed by atoms with Gasteiger partial charge in [-0.15, -0.1) is 0 Å². The summed E-state index contributed by atoms with van der Waals surface area (Å²) in [7, 11) is 0. The molecule has 3 heterocycles. The van der Waals surface area contributed by atoms with Gasteiger partial charge in [-0.25, -0.2) is 4.98 Å². The Morgan fingerprint density at radius 1 is 0.971 bits per heavy atom. The minimum atomic E-state index is -4.41. The molecule has 1 fully saturated rings. The third-order valence-electron chi connectivity index (χ3n) is 6.37. The molecule has 0 unspecified atom stereocenters. The molecule has 34 heavy (non-hydrogen) atoms. The average molecular weight is 466 g/mol. The molecule has 4 aromatic rings. The van der Waals surface area contributed by atoms with Crippen LogP contribution >= 0.6 is 0 Å². The van der Waals surface area contributed by atoms with Gasteiger partial charge < -0.3 is 15.6 Å². The maximum Gasteiger partial charge on any atom is 0.416 e. The number of imidazole rings is 1. The van der Waals surface area contributed by atoms with E-state index in [1.54, 1.807) is 6.20 Å². The van der Waals surface area contributed by atoms with Gasteiger partial charge in [0.15, 0.2) is 0 Å². The number of hydrogen-bond donors (Lipinski definition) is 2. The molecule has 5 rings (SSSR count). The fraction of sp³-hybridized carbons (Fsp3) is 0.308. The second kappa shape index (κ2) is 8.43. The molecule has 0 aliphatic carbocycles. The molecule has 0 bridgehead atoms. The number of aromatic amines is 1. The van der Waals surface area contributed by atoms with Crippen LogP contribution in [0.15, 0.2) is 48.8 Å². The first-order valence-electron chi connectivity index (χ1n) is 11.3. The van der Waals surface area contributed by atoms with Gasteiger partial charge in [0.2, 0.25) is 0 Å². The van der Waals surface area contributed by atoms with Crippen molar-refractivity contribution in [2.75, 3.05) is 18.0 Å². The van der Waals surface area contributed by atoms with Crippen LogP contribution in [0.1, 0.15) is 29.5 Å². The molecule has 0 saturated carbocycles. The summed E-state index contributed by atoms with van der Waals surface area (Å²) < 4.78 is 39.7. The predicted octanol–water partition coefficient (Wildman–Crippen LogP) is 5.86. The normalized spacial score (nSPS) is 15.3. The topological polar surface area (TPSA) is 70.8 Å². The minimum absolute atomic E-state index is 0.165. The molecule has 1 aliphatic heterocycles. The predicted molar refractivity (Wildman–Crippen MR) is 129 cm³/mol. The van der Waals surface area contributed by atoms with Gasteiger partial charge in [-0.1, -0.05) is 29.3 Å². The van der Waals surface area contributed by atoms with Crippen molar-refractivity contribution in [1.29, 1.82) is 0 Å². The van der Waals surface area contributed by atoms with Crippen molar-refractivity contribution in [1.82, 2.24) is 15.0 Å². The Balaban J connectivity index is 1.69. The number of alkyl halides is 3. The van der Waals surface area contributed by atoms with E-state index in [1.807, 2.05) is 6.20 Å². The number of rotatable bonds is 3. The van der Waals surface area contributed by atoms with E-state index in [9.17, 15) is 13.2 Å². The average Bonchev–Trinajstić information content (AvgIpc) is 3.21. The number of nitrogens with zero attached hydrogens (tertiary/aromatic N) is 3. The molecule has 0 radical (unpaired) electrons. The number of fused-ring (bicyclic) bond motifs is 1. The first-order chi connectivity index (χ1) is 16.2. The van der Waals surface area contributed by atoms with E-state index in [0.717, 1.165) is 71.6 Å². The van der Waals surface area contributed by atoms with E-state index >= 15 is 0 Å². The number of anilines is 1. The van der Waals surface area contributed by atoms with Crippen LogP contribution in [0.3, 0.4) is 0 Å². The molecule has 5 nitrogen and oxygen atoms in total. The van der Waals surface area contributed by atoms with Gasteiger partial charge in [0.05, 0.1) is 27.8 Å². The molecular formula is C26H26F3N5. The van der Waals surface area contributed by atoms with Crippen LogP contribution < -0.4 is 10.6 Å². The van der Waals surface area contributed by atoms with Gasteiger partial charge in [0.25, 0.3) is 0 Å². The van der Waals surface area contributed by atoms with E-state index in [-0.39, 0.29) is 6.04 Å².